The van der Waals surface area contributed by atoms with E-state index < -0.39 is 5.54 Å². The van der Waals surface area contributed by atoms with Gasteiger partial charge in [0.1, 0.15) is 5.54 Å². The van der Waals surface area contributed by atoms with Crippen molar-refractivity contribution in [2.24, 2.45) is 0 Å². The summed E-state index contributed by atoms with van der Waals surface area (Å²) in [4.78, 5) is 36.7. The van der Waals surface area contributed by atoms with Crippen LogP contribution in [0.1, 0.15) is 31.7 Å². The number of aromatic nitrogens is 2. The number of hydrogen-bond acceptors (Lipinski definition) is 5. The second-order valence-electron chi connectivity index (χ2n) is 6.39. The second kappa shape index (κ2) is 5.31. The topological polar surface area (TPSA) is 78.4 Å². The van der Waals surface area contributed by atoms with E-state index in [4.69, 9.17) is 0 Å². The Kier molecular flexibility index (Phi) is 3.60. The van der Waals surface area contributed by atoms with E-state index in [0.717, 1.165) is 17.9 Å². The van der Waals surface area contributed by atoms with Crippen molar-refractivity contribution >= 4 is 11.9 Å². The molecule has 3 amide bonds. The van der Waals surface area contributed by atoms with E-state index in [2.05, 4.69) is 20.2 Å². The quantitative estimate of drug-likeness (QED) is 0.831. The minimum Gasteiger partial charge on any atom is -0.322 e. The van der Waals surface area contributed by atoms with Gasteiger partial charge in [-0.15, -0.1) is 0 Å². The highest BCUT2D eigenvalue weighted by atomic mass is 16.2. The molecule has 2 aliphatic heterocycles. The van der Waals surface area contributed by atoms with E-state index in [-0.39, 0.29) is 18.0 Å². The predicted octanol–water partition coefficient (Wildman–Crippen LogP) is 0.690. The lowest BCUT2D eigenvalue weighted by atomic mass is 9.98. The molecule has 0 bridgehead atoms. The maximum absolute atomic E-state index is 12.6. The fourth-order valence-corrected chi connectivity index (χ4v) is 3.14. The lowest BCUT2D eigenvalue weighted by Gasteiger charge is -2.23. The third kappa shape index (κ3) is 2.45. The van der Waals surface area contributed by atoms with E-state index in [9.17, 15) is 9.59 Å². The summed E-state index contributed by atoms with van der Waals surface area (Å²) in [6.07, 6.45) is 4.14. The highest BCUT2D eigenvalue weighted by Gasteiger charge is 2.55. The highest BCUT2D eigenvalue weighted by Crippen LogP contribution is 2.30. The van der Waals surface area contributed by atoms with Gasteiger partial charge < -0.3 is 5.32 Å². The van der Waals surface area contributed by atoms with Crippen LogP contribution in [0.3, 0.4) is 0 Å². The zero-order valence-electron chi connectivity index (χ0n) is 13.2. The molecule has 1 atom stereocenters. The summed E-state index contributed by atoms with van der Waals surface area (Å²) in [5.41, 5.74) is 0.993. The predicted molar refractivity (Wildman–Crippen MR) is 79.9 cm³/mol. The van der Waals surface area contributed by atoms with Gasteiger partial charge in [-0.3, -0.25) is 24.6 Å². The summed E-state index contributed by atoms with van der Waals surface area (Å²) >= 11 is 0. The molecule has 1 spiro atoms. The van der Waals surface area contributed by atoms with Crippen LogP contribution in [0.2, 0.25) is 0 Å². The molecule has 1 aromatic rings. The molecule has 22 heavy (non-hydrogen) atoms. The fourth-order valence-electron chi connectivity index (χ4n) is 3.14. The number of carbonyl (C=O) groups excluding carboxylic acids is 2. The Morgan fingerprint density at radius 3 is 2.68 bits per heavy atom. The monoisotopic (exact) mass is 303 g/mol. The molecule has 7 nitrogen and oxygen atoms in total. The van der Waals surface area contributed by atoms with Crippen molar-refractivity contribution < 1.29 is 9.59 Å². The van der Waals surface area contributed by atoms with Crippen LogP contribution in [0.4, 0.5) is 4.79 Å². The zero-order valence-corrected chi connectivity index (χ0v) is 13.2. The van der Waals surface area contributed by atoms with Crippen molar-refractivity contribution in [2.75, 3.05) is 13.1 Å². The lowest BCUT2D eigenvalue weighted by molar-refractivity contribution is -0.132. The van der Waals surface area contributed by atoms with Gasteiger partial charge in [-0.05, 0) is 27.2 Å². The maximum Gasteiger partial charge on any atom is 0.325 e. The van der Waals surface area contributed by atoms with E-state index in [1.165, 1.54) is 4.90 Å². The van der Waals surface area contributed by atoms with E-state index >= 15 is 0 Å². The van der Waals surface area contributed by atoms with Crippen LogP contribution in [0, 0.1) is 6.92 Å². The van der Waals surface area contributed by atoms with E-state index in [1.807, 2.05) is 20.8 Å². The normalized spacial score (nSPS) is 25.5. The Morgan fingerprint density at radius 2 is 2.09 bits per heavy atom. The van der Waals surface area contributed by atoms with Gasteiger partial charge in [-0.1, -0.05) is 0 Å². The smallest absolute Gasteiger partial charge is 0.322 e. The van der Waals surface area contributed by atoms with Crippen LogP contribution in [-0.4, -0.2) is 56.4 Å². The minimum atomic E-state index is -0.764. The van der Waals surface area contributed by atoms with Gasteiger partial charge in [0.15, 0.2) is 0 Å². The van der Waals surface area contributed by atoms with Crippen LogP contribution >= 0.6 is 0 Å². The van der Waals surface area contributed by atoms with Gasteiger partial charge in [0, 0.05) is 38.1 Å². The number of carbonyl (C=O) groups is 2. The van der Waals surface area contributed by atoms with Crippen molar-refractivity contribution in [3.05, 3.63) is 23.8 Å². The van der Waals surface area contributed by atoms with Crippen LogP contribution in [0.5, 0.6) is 0 Å². The van der Waals surface area contributed by atoms with E-state index in [1.54, 1.807) is 12.4 Å². The summed E-state index contributed by atoms with van der Waals surface area (Å²) in [5, 5.41) is 2.90. The summed E-state index contributed by atoms with van der Waals surface area (Å²) in [6, 6.07) is -0.402. The maximum atomic E-state index is 12.6. The summed E-state index contributed by atoms with van der Waals surface area (Å²) in [6.45, 7) is 7.52. The number of nitrogens with one attached hydrogen (secondary N) is 1. The Bertz CT molecular complexity index is 600. The fraction of sp³-hybridized carbons (Fsp3) is 0.600. The number of rotatable bonds is 3. The third-order valence-electron chi connectivity index (χ3n) is 4.28. The Labute approximate surface area is 129 Å². The summed E-state index contributed by atoms with van der Waals surface area (Å²) < 4.78 is 0. The van der Waals surface area contributed by atoms with Gasteiger partial charge in [0.05, 0.1) is 11.4 Å². The molecule has 0 aliphatic carbocycles. The largest absolute Gasteiger partial charge is 0.325 e. The number of aryl methyl sites for hydroxylation is 1. The molecule has 0 radical (unpaired) electrons. The zero-order chi connectivity index (χ0) is 15.9. The molecule has 1 N–H and O–H groups in total. The van der Waals surface area contributed by atoms with Crippen molar-refractivity contribution in [3.63, 3.8) is 0 Å². The molecule has 1 aromatic heterocycles. The Morgan fingerprint density at radius 1 is 1.32 bits per heavy atom. The Hall–Kier alpha value is -2.02. The summed E-state index contributed by atoms with van der Waals surface area (Å²) in [5.74, 6) is -0.106. The number of imide groups is 1. The van der Waals surface area contributed by atoms with Crippen LogP contribution in [0.15, 0.2) is 12.4 Å². The molecule has 2 aliphatic rings. The van der Waals surface area contributed by atoms with Gasteiger partial charge in [-0.25, -0.2) is 4.79 Å². The van der Waals surface area contributed by atoms with Crippen molar-refractivity contribution in [2.45, 2.75) is 45.3 Å². The Balaban J connectivity index is 1.71. The van der Waals surface area contributed by atoms with E-state index in [0.29, 0.717) is 19.5 Å². The SMILES string of the molecule is Cc1cnc(CN2CCC3(C2)NC(=O)N(C(C)C)C3=O)cn1. The molecule has 7 heteroatoms. The molecular formula is C15H21N5O2. The average molecular weight is 303 g/mol. The molecular weight excluding hydrogens is 282 g/mol. The van der Waals surface area contributed by atoms with Gasteiger partial charge in [0.25, 0.3) is 5.91 Å². The molecule has 2 saturated heterocycles. The molecule has 0 aromatic carbocycles. The standard InChI is InChI=1S/C15H21N5O2/c1-10(2)20-13(21)15(18-14(20)22)4-5-19(9-15)8-12-7-16-11(3)6-17-12/h6-7,10H,4-5,8-9H2,1-3H3,(H,18,22). The van der Waals surface area contributed by atoms with Gasteiger partial charge >= 0.3 is 6.03 Å². The lowest BCUT2D eigenvalue weighted by Crippen LogP contribution is -2.49. The van der Waals surface area contributed by atoms with Crippen molar-refractivity contribution in [3.8, 4) is 0 Å². The minimum absolute atomic E-state index is 0.106. The molecule has 0 saturated carbocycles. The number of hydrogen-bond donors (Lipinski definition) is 1. The van der Waals surface area contributed by atoms with Gasteiger partial charge in [-0.2, -0.15) is 0 Å². The first-order valence-corrected chi connectivity index (χ1v) is 7.57. The molecule has 1 unspecified atom stereocenters. The highest BCUT2D eigenvalue weighted by molar-refractivity contribution is 6.07. The van der Waals surface area contributed by atoms with Gasteiger partial charge in [0.2, 0.25) is 0 Å². The van der Waals surface area contributed by atoms with Crippen molar-refractivity contribution in [1.82, 2.24) is 25.1 Å². The third-order valence-corrected chi connectivity index (χ3v) is 4.28. The number of likely N-dealkylation sites (tertiary alicyclic amines) is 1. The van der Waals surface area contributed by atoms with Crippen LogP contribution in [0.25, 0.3) is 0 Å². The first-order valence-electron chi connectivity index (χ1n) is 7.57. The van der Waals surface area contributed by atoms with Crippen LogP contribution < -0.4 is 5.32 Å². The number of nitrogens with zero attached hydrogens (tertiary/aromatic N) is 4. The number of amides is 3. The first-order chi connectivity index (χ1) is 10.4. The second-order valence-corrected chi connectivity index (χ2v) is 6.39. The van der Waals surface area contributed by atoms with Crippen molar-refractivity contribution in [1.29, 1.82) is 0 Å². The van der Waals surface area contributed by atoms with Crippen LogP contribution in [-0.2, 0) is 11.3 Å². The molecule has 2 fully saturated rings. The molecule has 3 rings (SSSR count). The number of urea groups is 1. The summed E-state index contributed by atoms with van der Waals surface area (Å²) in [7, 11) is 0. The molecule has 3 heterocycles. The average Bonchev–Trinajstić information content (AvgIpc) is 2.95. The first kappa shape index (κ1) is 14.9. The molecule has 118 valence electrons.